The molecule has 5 aromatic carbocycles. The van der Waals surface area contributed by atoms with E-state index in [0.29, 0.717) is 32.9 Å². The third kappa shape index (κ3) is 9.26. The van der Waals surface area contributed by atoms with E-state index in [4.69, 9.17) is 20.5 Å². The van der Waals surface area contributed by atoms with Crippen molar-refractivity contribution in [3.05, 3.63) is 108 Å². The molecule has 1 heterocycles. The van der Waals surface area contributed by atoms with Crippen LogP contribution in [0.25, 0.3) is 10.9 Å². The molecule has 6 aromatic rings. The normalized spacial score (nSPS) is 11.5. The molecule has 0 radical (unpaired) electrons. The number of ether oxygens (including phenoxy) is 1. The van der Waals surface area contributed by atoms with Gasteiger partial charge in [0.2, 0.25) is 11.8 Å². The first-order chi connectivity index (χ1) is 25.9. The average Bonchev–Trinajstić information content (AvgIpc) is 3.54. The molecule has 0 fully saturated rings. The highest BCUT2D eigenvalue weighted by atomic mass is 35.5. The van der Waals surface area contributed by atoms with E-state index in [1.54, 1.807) is 72.8 Å². The minimum absolute atomic E-state index is 0.0242. The fourth-order valence-electron chi connectivity index (χ4n) is 4.83. The lowest BCUT2D eigenvalue weighted by molar-refractivity contribution is -0.115. The number of aromatic nitrogens is 1. The molecule has 0 bridgehead atoms. The molecule has 15 nitrogen and oxygen atoms in total. The summed E-state index contributed by atoms with van der Waals surface area (Å²) >= 11 is 5.25. The summed E-state index contributed by atoms with van der Waals surface area (Å²) < 4.78 is 31.4. The van der Waals surface area contributed by atoms with Crippen LogP contribution in [-0.4, -0.2) is 36.5 Å². The van der Waals surface area contributed by atoms with Gasteiger partial charge in [-0.05, 0) is 72.2 Å². The zero-order valence-corrected chi connectivity index (χ0v) is 30.5. The molecule has 3 amide bonds. The van der Waals surface area contributed by atoms with Gasteiger partial charge in [-0.25, -0.2) is 0 Å². The molecular weight excluding hydrogens is 758 g/mol. The van der Waals surface area contributed by atoms with E-state index in [9.17, 15) is 28.8 Å². The number of hydrogen-bond acceptors (Lipinski definition) is 12. The van der Waals surface area contributed by atoms with Crippen LogP contribution in [0.15, 0.2) is 107 Å². The van der Waals surface area contributed by atoms with E-state index >= 15 is 0 Å². The van der Waals surface area contributed by atoms with Gasteiger partial charge in [-0.15, -0.1) is 10.2 Å². The Morgan fingerprint density at radius 3 is 2.07 bits per heavy atom. The maximum Gasteiger partial charge on any atom is 0.316 e. The molecule has 0 aliphatic carbocycles. The zero-order valence-electron chi connectivity index (χ0n) is 28.1. The predicted octanol–water partition coefficient (Wildman–Crippen LogP) is 8.81. The van der Waals surface area contributed by atoms with Crippen molar-refractivity contribution >= 4 is 96.5 Å². The van der Waals surface area contributed by atoms with E-state index in [2.05, 4.69) is 35.3 Å². The first-order valence-electron chi connectivity index (χ1n) is 15.7. The van der Waals surface area contributed by atoms with Crippen molar-refractivity contribution in [3.8, 4) is 28.7 Å². The number of nitrogens with zero attached hydrogens (tertiary/aromatic N) is 3. The number of carbonyl (C=O) groups is 3. The second-order valence-corrected chi connectivity index (χ2v) is 13.3. The van der Waals surface area contributed by atoms with Crippen LogP contribution >= 0.6 is 23.1 Å². The number of amides is 3. The van der Waals surface area contributed by atoms with E-state index < -0.39 is 29.0 Å². The maximum atomic E-state index is 12.8. The summed E-state index contributed by atoms with van der Waals surface area (Å²) in [6.45, 7) is 2.55. The monoisotopic (exact) mass is 785 g/mol. The second kappa shape index (κ2) is 16.4. The van der Waals surface area contributed by atoms with Gasteiger partial charge in [0.1, 0.15) is 17.2 Å². The van der Waals surface area contributed by atoms with Crippen molar-refractivity contribution in [2.45, 2.75) is 13.8 Å². The Kier molecular flexibility index (Phi) is 11.3. The Balaban J connectivity index is 1.08. The number of phenolic OH excluding ortho intramolecular Hbond substituents is 2. The molecule has 18 heteroatoms. The molecule has 0 spiro atoms. The summed E-state index contributed by atoms with van der Waals surface area (Å²) in [5, 5.41) is 38.0. The van der Waals surface area contributed by atoms with Crippen LogP contribution in [0.3, 0.4) is 0 Å². The van der Waals surface area contributed by atoms with Crippen LogP contribution in [0.1, 0.15) is 24.2 Å². The van der Waals surface area contributed by atoms with Gasteiger partial charge in [-0.2, -0.15) is 8.58 Å². The highest BCUT2D eigenvalue weighted by Crippen LogP contribution is 2.40. The molecule has 1 aromatic heterocycles. The number of hydrogen-bond donors (Lipinski definition) is 6. The first kappa shape index (κ1) is 37.2. The van der Waals surface area contributed by atoms with Gasteiger partial charge in [-0.3, -0.25) is 19.1 Å². The van der Waals surface area contributed by atoms with Gasteiger partial charge in [-0.1, -0.05) is 29.8 Å². The fourth-order valence-corrected chi connectivity index (χ4v) is 6.37. The molecular formula is C36H28ClN7O8S2. The number of nitrogens with one attached hydrogen (secondary N) is 4. The van der Waals surface area contributed by atoms with Gasteiger partial charge in [0.15, 0.2) is 16.5 Å². The first-order valence-corrected chi connectivity index (χ1v) is 17.9. The van der Waals surface area contributed by atoms with Gasteiger partial charge in [0.05, 0.1) is 33.3 Å². The number of halogens is 1. The van der Waals surface area contributed by atoms with Crippen molar-refractivity contribution in [2.75, 3.05) is 20.7 Å². The average molecular weight is 786 g/mol. The number of aromatic hydroxyl groups is 2. The van der Waals surface area contributed by atoms with Crippen molar-refractivity contribution in [3.63, 3.8) is 0 Å². The second-order valence-electron chi connectivity index (χ2n) is 11.3. The molecule has 6 N–H and O–H groups in total. The van der Waals surface area contributed by atoms with Crippen molar-refractivity contribution in [2.24, 2.45) is 10.2 Å². The van der Waals surface area contributed by atoms with Crippen molar-refractivity contribution < 1.29 is 37.7 Å². The van der Waals surface area contributed by atoms with E-state index in [1.165, 1.54) is 38.1 Å². The summed E-state index contributed by atoms with van der Waals surface area (Å²) in [4.78, 5) is 35.8. The highest BCUT2D eigenvalue weighted by molar-refractivity contribution is 7.82. The minimum Gasteiger partial charge on any atom is -0.504 e. The van der Waals surface area contributed by atoms with Crippen LogP contribution in [0.2, 0.25) is 5.02 Å². The van der Waals surface area contributed by atoms with Gasteiger partial charge in [0.25, 0.3) is 5.91 Å². The lowest BCUT2D eigenvalue weighted by Crippen LogP contribution is -2.12. The lowest BCUT2D eigenvalue weighted by Gasteiger charge is -2.13. The Morgan fingerprint density at radius 1 is 0.759 bits per heavy atom. The number of carbonyl (C=O) groups excluding carboxylic acids is 3. The molecule has 54 heavy (non-hydrogen) atoms. The molecule has 1 atom stereocenters. The van der Waals surface area contributed by atoms with E-state index in [1.807, 2.05) is 0 Å². The molecule has 274 valence electrons. The third-order valence-corrected chi connectivity index (χ3v) is 8.98. The Labute approximate surface area is 318 Å². The van der Waals surface area contributed by atoms with E-state index in [0.717, 1.165) is 11.5 Å². The largest absolute Gasteiger partial charge is 0.504 e. The van der Waals surface area contributed by atoms with Gasteiger partial charge in [0, 0.05) is 48.7 Å². The maximum absolute atomic E-state index is 12.8. The van der Waals surface area contributed by atoms with E-state index in [-0.39, 0.29) is 50.8 Å². The lowest BCUT2D eigenvalue weighted by atomic mass is 10.2. The summed E-state index contributed by atoms with van der Waals surface area (Å²) in [7, 11) is 0. The number of azo groups is 1. The topological polar surface area (TPSA) is 213 Å². The van der Waals surface area contributed by atoms with Gasteiger partial charge >= 0.3 is 11.3 Å². The quantitative estimate of drug-likeness (QED) is 0.0516. The third-order valence-electron chi connectivity index (χ3n) is 7.19. The smallest absolute Gasteiger partial charge is 0.316 e. The molecule has 6 rings (SSSR count). The number of benzene rings is 5. The van der Waals surface area contributed by atoms with Crippen LogP contribution in [0.5, 0.6) is 28.7 Å². The summed E-state index contributed by atoms with van der Waals surface area (Å²) in [5.74, 6) is -1.02. The highest BCUT2D eigenvalue weighted by Gasteiger charge is 2.16. The van der Waals surface area contributed by atoms with Crippen LogP contribution in [0, 0.1) is 0 Å². The molecule has 0 saturated heterocycles. The molecule has 1 unspecified atom stereocenters. The van der Waals surface area contributed by atoms with Crippen molar-refractivity contribution in [1.82, 2.24) is 4.37 Å². The standard InChI is InChI=1S/C36H28ClN7O8S2/c1-19(45)38-30-14-23(15-31(34(30)48)39-20(2)46)41-42-36-27-13-12-25(17-29(27)43-53-36)52-54(50)44-22-8-10-24(11-9-22)51-26-16-28(37)33(47)32(18-26)40-35(49)21-6-4-3-5-7-21/h3-18,44,47-48H,1-2H3,(H,38,45)(H,39,46)(H,40,49). The predicted molar refractivity (Wildman–Crippen MR) is 207 cm³/mol. The number of anilines is 4. The SMILES string of the molecule is CC(=O)Nc1cc(N=Nc2snc3cc(OS(=O)Nc4ccc(Oc5cc(Cl)c(O)c(NC(=O)c6ccccc6)c5)cc4)ccc23)cc(NC(C)=O)c1O. The van der Waals surface area contributed by atoms with Crippen LogP contribution in [-0.2, 0) is 20.9 Å². The van der Waals surface area contributed by atoms with Crippen LogP contribution < -0.4 is 29.6 Å². The number of fused-ring (bicyclic) bond motifs is 1. The Hall–Kier alpha value is -6.56. The van der Waals surface area contributed by atoms with Crippen LogP contribution in [0.4, 0.5) is 33.4 Å². The van der Waals surface area contributed by atoms with Crippen molar-refractivity contribution in [1.29, 1.82) is 0 Å². The molecule has 0 aliphatic rings. The zero-order chi connectivity index (χ0) is 38.4. The Morgan fingerprint density at radius 2 is 1.41 bits per heavy atom. The molecule has 0 saturated carbocycles. The summed E-state index contributed by atoms with van der Waals surface area (Å²) in [6.07, 6.45) is 0. The Bertz CT molecular complexity index is 2410. The minimum atomic E-state index is -2.00. The number of phenols is 2. The van der Waals surface area contributed by atoms with Gasteiger partial charge < -0.3 is 35.1 Å². The summed E-state index contributed by atoms with van der Waals surface area (Å²) in [6, 6.07) is 25.5. The number of rotatable bonds is 12. The fraction of sp³-hybridized carbons (Fsp3) is 0.0556. The molecule has 0 aliphatic heterocycles. The summed E-state index contributed by atoms with van der Waals surface area (Å²) in [5.41, 5.74) is 1.76.